The van der Waals surface area contributed by atoms with E-state index in [1.807, 2.05) is 19.1 Å². The van der Waals surface area contributed by atoms with Gasteiger partial charge in [-0.1, -0.05) is 19.1 Å². The molecule has 1 aromatic carbocycles. The van der Waals surface area contributed by atoms with Crippen LogP contribution in [0.1, 0.15) is 36.7 Å². The maximum Gasteiger partial charge on any atom is 0.338 e. The van der Waals surface area contributed by atoms with E-state index < -0.39 is 0 Å². The molecule has 19 heavy (non-hydrogen) atoms. The third kappa shape index (κ3) is 5.55. The van der Waals surface area contributed by atoms with Gasteiger partial charge in [0.25, 0.3) is 0 Å². The van der Waals surface area contributed by atoms with Crippen LogP contribution in [-0.2, 0) is 20.7 Å². The van der Waals surface area contributed by atoms with Gasteiger partial charge in [-0.15, -0.1) is 0 Å². The van der Waals surface area contributed by atoms with Crippen LogP contribution in [0.4, 0.5) is 0 Å². The lowest BCUT2D eigenvalue weighted by atomic mass is 10.0. The largest absolute Gasteiger partial charge is 0.466 e. The first-order valence-corrected chi connectivity index (χ1v) is 6.42. The molecule has 0 amide bonds. The van der Waals surface area contributed by atoms with Crippen LogP contribution in [0.5, 0.6) is 0 Å². The minimum atomic E-state index is -0.304. The fourth-order valence-corrected chi connectivity index (χ4v) is 1.71. The standard InChI is InChI=1S/C15H20O4/c1-4-18-15(17)14-7-5-13(6-8-14)9-11(2)10-19-12(3)16/h5-8,11H,4,9-10H2,1-3H3/t11-/m0/s1. The number of carbonyl (C=O) groups is 2. The van der Waals surface area contributed by atoms with Crippen LogP contribution in [-0.4, -0.2) is 25.2 Å². The smallest absolute Gasteiger partial charge is 0.338 e. The number of esters is 2. The number of carbonyl (C=O) groups excluding carboxylic acids is 2. The van der Waals surface area contributed by atoms with Crippen LogP contribution in [0.2, 0.25) is 0 Å². The van der Waals surface area contributed by atoms with Gasteiger partial charge in [-0.05, 0) is 37.0 Å². The summed E-state index contributed by atoms with van der Waals surface area (Å²) >= 11 is 0. The SMILES string of the molecule is CCOC(=O)c1ccc(C[C@H](C)COC(C)=O)cc1. The molecule has 0 heterocycles. The molecule has 4 heteroatoms. The molecular formula is C15H20O4. The fraction of sp³-hybridized carbons (Fsp3) is 0.467. The van der Waals surface area contributed by atoms with Crippen LogP contribution < -0.4 is 0 Å². The van der Waals surface area contributed by atoms with E-state index >= 15 is 0 Å². The average Bonchev–Trinajstić information content (AvgIpc) is 2.37. The summed E-state index contributed by atoms with van der Waals surface area (Å²) in [6, 6.07) is 7.31. The summed E-state index contributed by atoms with van der Waals surface area (Å²) < 4.78 is 9.87. The van der Waals surface area contributed by atoms with E-state index in [4.69, 9.17) is 9.47 Å². The van der Waals surface area contributed by atoms with Gasteiger partial charge in [0.2, 0.25) is 0 Å². The summed E-state index contributed by atoms with van der Waals surface area (Å²) in [6.45, 7) is 5.99. The minimum Gasteiger partial charge on any atom is -0.466 e. The van der Waals surface area contributed by atoms with Crippen molar-refractivity contribution >= 4 is 11.9 Å². The number of rotatable bonds is 6. The zero-order chi connectivity index (χ0) is 14.3. The van der Waals surface area contributed by atoms with Crippen LogP contribution in [0.15, 0.2) is 24.3 Å². The Morgan fingerprint density at radius 2 is 1.79 bits per heavy atom. The predicted molar refractivity (Wildman–Crippen MR) is 71.9 cm³/mol. The maximum absolute atomic E-state index is 11.5. The van der Waals surface area contributed by atoms with E-state index in [2.05, 4.69) is 0 Å². The highest BCUT2D eigenvalue weighted by Crippen LogP contribution is 2.11. The molecule has 0 aliphatic rings. The molecule has 104 valence electrons. The summed E-state index contributed by atoms with van der Waals surface area (Å²) in [5, 5.41) is 0. The molecule has 0 aliphatic heterocycles. The highest BCUT2D eigenvalue weighted by molar-refractivity contribution is 5.89. The van der Waals surface area contributed by atoms with E-state index in [-0.39, 0.29) is 17.9 Å². The first-order chi connectivity index (χ1) is 9.02. The van der Waals surface area contributed by atoms with Crippen molar-refractivity contribution in [3.8, 4) is 0 Å². The number of hydrogen-bond acceptors (Lipinski definition) is 4. The lowest BCUT2D eigenvalue weighted by Gasteiger charge is -2.11. The third-order valence-corrected chi connectivity index (χ3v) is 2.62. The first-order valence-electron chi connectivity index (χ1n) is 6.42. The van der Waals surface area contributed by atoms with E-state index in [9.17, 15) is 9.59 Å². The summed E-state index contributed by atoms with van der Waals surface area (Å²) in [4.78, 5) is 22.2. The molecule has 1 atom stereocenters. The second kappa shape index (κ2) is 7.56. The van der Waals surface area contributed by atoms with Gasteiger partial charge in [0.1, 0.15) is 0 Å². The normalized spacial score (nSPS) is 11.7. The van der Waals surface area contributed by atoms with Gasteiger partial charge in [0.15, 0.2) is 0 Å². The van der Waals surface area contributed by atoms with E-state index in [0.717, 1.165) is 12.0 Å². The van der Waals surface area contributed by atoms with Crippen molar-refractivity contribution in [3.05, 3.63) is 35.4 Å². The molecule has 0 unspecified atom stereocenters. The molecule has 1 rings (SSSR count). The highest BCUT2D eigenvalue weighted by Gasteiger charge is 2.08. The zero-order valence-corrected chi connectivity index (χ0v) is 11.6. The van der Waals surface area contributed by atoms with Gasteiger partial charge in [-0.3, -0.25) is 4.79 Å². The van der Waals surface area contributed by atoms with Crippen molar-refractivity contribution in [2.75, 3.05) is 13.2 Å². The molecule has 0 aliphatic carbocycles. The topological polar surface area (TPSA) is 52.6 Å². The van der Waals surface area contributed by atoms with Crippen molar-refractivity contribution in [3.63, 3.8) is 0 Å². The van der Waals surface area contributed by atoms with E-state index in [0.29, 0.717) is 18.8 Å². The van der Waals surface area contributed by atoms with Gasteiger partial charge in [0.05, 0.1) is 18.8 Å². The van der Waals surface area contributed by atoms with E-state index in [1.165, 1.54) is 6.92 Å². The molecule has 0 saturated heterocycles. The van der Waals surface area contributed by atoms with Gasteiger partial charge in [0, 0.05) is 6.92 Å². The molecule has 4 nitrogen and oxygen atoms in total. The van der Waals surface area contributed by atoms with Crippen molar-refractivity contribution in [1.29, 1.82) is 0 Å². The molecular weight excluding hydrogens is 244 g/mol. The quantitative estimate of drug-likeness (QED) is 0.741. The van der Waals surface area contributed by atoms with Crippen LogP contribution >= 0.6 is 0 Å². The molecule has 0 saturated carbocycles. The van der Waals surface area contributed by atoms with Gasteiger partial charge < -0.3 is 9.47 Å². The van der Waals surface area contributed by atoms with Crippen LogP contribution in [0, 0.1) is 5.92 Å². The number of ether oxygens (including phenoxy) is 2. The predicted octanol–water partition coefficient (Wildman–Crippen LogP) is 2.61. The third-order valence-electron chi connectivity index (χ3n) is 2.62. The summed E-state index contributed by atoms with van der Waals surface area (Å²) in [6.07, 6.45) is 0.802. The monoisotopic (exact) mass is 264 g/mol. The lowest BCUT2D eigenvalue weighted by Crippen LogP contribution is -2.11. The second-order valence-corrected chi connectivity index (χ2v) is 4.53. The molecule has 0 N–H and O–H groups in total. The van der Waals surface area contributed by atoms with Crippen LogP contribution in [0.25, 0.3) is 0 Å². The maximum atomic E-state index is 11.5. The number of hydrogen-bond donors (Lipinski definition) is 0. The Morgan fingerprint density at radius 1 is 1.16 bits per heavy atom. The Morgan fingerprint density at radius 3 is 2.32 bits per heavy atom. The minimum absolute atomic E-state index is 0.248. The Labute approximate surface area is 113 Å². The molecule has 0 fully saturated rings. The first kappa shape index (κ1) is 15.2. The Balaban J connectivity index is 2.52. The van der Waals surface area contributed by atoms with Gasteiger partial charge in [-0.2, -0.15) is 0 Å². The highest BCUT2D eigenvalue weighted by atomic mass is 16.5. The molecule has 1 aromatic rings. The lowest BCUT2D eigenvalue weighted by molar-refractivity contribution is -0.142. The molecule has 0 bridgehead atoms. The summed E-state index contributed by atoms with van der Waals surface area (Å²) in [5.74, 6) is -0.316. The Bertz CT molecular complexity index is 422. The summed E-state index contributed by atoms with van der Waals surface area (Å²) in [7, 11) is 0. The van der Waals surface area contributed by atoms with Gasteiger partial charge in [-0.25, -0.2) is 4.79 Å². The summed E-state index contributed by atoms with van der Waals surface area (Å²) in [5.41, 5.74) is 1.66. The van der Waals surface area contributed by atoms with Crippen molar-refractivity contribution in [2.24, 2.45) is 5.92 Å². The zero-order valence-electron chi connectivity index (χ0n) is 11.6. The average molecular weight is 264 g/mol. The second-order valence-electron chi connectivity index (χ2n) is 4.53. The van der Waals surface area contributed by atoms with Crippen LogP contribution in [0.3, 0.4) is 0 Å². The van der Waals surface area contributed by atoms with Crippen molar-refractivity contribution < 1.29 is 19.1 Å². The Hall–Kier alpha value is -1.84. The van der Waals surface area contributed by atoms with Crippen molar-refractivity contribution in [2.45, 2.75) is 27.2 Å². The van der Waals surface area contributed by atoms with E-state index in [1.54, 1.807) is 19.1 Å². The van der Waals surface area contributed by atoms with Crippen molar-refractivity contribution in [1.82, 2.24) is 0 Å². The molecule has 0 spiro atoms. The fourth-order valence-electron chi connectivity index (χ4n) is 1.71. The Kier molecular flexibility index (Phi) is 6.06. The number of benzene rings is 1. The molecule has 0 aromatic heterocycles. The van der Waals surface area contributed by atoms with Gasteiger partial charge >= 0.3 is 11.9 Å². The molecule has 0 radical (unpaired) electrons.